The summed E-state index contributed by atoms with van der Waals surface area (Å²) in [5.74, 6) is 1.66. The van der Waals surface area contributed by atoms with Crippen molar-refractivity contribution < 1.29 is 4.92 Å². The maximum Gasteiger partial charge on any atom is 0.269 e. The standard InChI is InChI=1S/C12H17ClN2O2S/c1-9(8-18-2)6-14-7-10-5-11(15(16)17)3-4-12(10)13/h3-5,9,14H,6-8H2,1-2H3. The van der Waals surface area contributed by atoms with Gasteiger partial charge in [0, 0.05) is 23.7 Å². The van der Waals surface area contributed by atoms with Crippen LogP contribution in [-0.2, 0) is 6.54 Å². The van der Waals surface area contributed by atoms with Gasteiger partial charge in [-0.25, -0.2) is 0 Å². The summed E-state index contributed by atoms with van der Waals surface area (Å²) in [6.07, 6.45) is 2.08. The molecule has 6 heteroatoms. The Labute approximate surface area is 116 Å². The average molecular weight is 289 g/mol. The van der Waals surface area contributed by atoms with E-state index in [9.17, 15) is 10.1 Å². The summed E-state index contributed by atoms with van der Waals surface area (Å²) >= 11 is 7.82. The fraction of sp³-hybridized carbons (Fsp3) is 0.500. The molecule has 1 atom stereocenters. The van der Waals surface area contributed by atoms with E-state index in [-0.39, 0.29) is 5.69 Å². The molecule has 0 saturated carbocycles. The minimum atomic E-state index is -0.407. The Kier molecular flexibility index (Phi) is 6.46. The van der Waals surface area contributed by atoms with Crippen molar-refractivity contribution in [1.82, 2.24) is 5.32 Å². The summed E-state index contributed by atoms with van der Waals surface area (Å²) in [7, 11) is 0. The molecule has 1 aromatic rings. The third-order valence-electron chi connectivity index (χ3n) is 2.50. The van der Waals surface area contributed by atoms with Gasteiger partial charge in [-0.1, -0.05) is 18.5 Å². The number of nitro benzene ring substituents is 1. The molecule has 0 amide bonds. The number of nitrogens with zero attached hydrogens (tertiary/aromatic N) is 1. The van der Waals surface area contributed by atoms with E-state index in [2.05, 4.69) is 18.5 Å². The summed E-state index contributed by atoms with van der Waals surface area (Å²) in [6, 6.07) is 4.51. The van der Waals surface area contributed by atoms with Crippen LogP contribution in [0.25, 0.3) is 0 Å². The van der Waals surface area contributed by atoms with Crippen molar-refractivity contribution in [3.05, 3.63) is 38.9 Å². The van der Waals surface area contributed by atoms with Gasteiger partial charge in [0.1, 0.15) is 0 Å². The fourth-order valence-corrected chi connectivity index (χ4v) is 2.48. The van der Waals surface area contributed by atoms with Crippen LogP contribution in [0.1, 0.15) is 12.5 Å². The maximum atomic E-state index is 10.7. The zero-order valence-electron chi connectivity index (χ0n) is 10.5. The summed E-state index contributed by atoms with van der Waals surface area (Å²) < 4.78 is 0. The van der Waals surface area contributed by atoms with Gasteiger partial charge in [-0.15, -0.1) is 0 Å². The second kappa shape index (κ2) is 7.61. The van der Waals surface area contributed by atoms with E-state index < -0.39 is 4.92 Å². The molecule has 0 bridgehead atoms. The molecular weight excluding hydrogens is 272 g/mol. The second-order valence-corrected chi connectivity index (χ2v) is 5.54. The average Bonchev–Trinajstić information content (AvgIpc) is 2.31. The number of rotatable bonds is 7. The van der Waals surface area contributed by atoms with E-state index in [1.54, 1.807) is 6.07 Å². The van der Waals surface area contributed by atoms with Gasteiger partial charge in [0.25, 0.3) is 5.69 Å². The topological polar surface area (TPSA) is 55.2 Å². The second-order valence-electron chi connectivity index (χ2n) is 4.22. The molecule has 0 aliphatic rings. The number of hydrogen-bond donors (Lipinski definition) is 1. The molecule has 1 unspecified atom stereocenters. The number of nitro groups is 1. The highest BCUT2D eigenvalue weighted by molar-refractivity contribution is 7.98. The van der Waals surface area contributed by atoms with Gasteiger partial charge in [-0.2, -0.15) is 11.8 Å². The number of hydrogen-bond acceptors (Lipinski definition) is 4. The quantitative estimate of drug-likeness (QED) is 0.617. The van der Waals surface area contributed by atoms with Crippen molar-refractivity contribution in [2.45, 2.75) is 13.5 Å². The van der Waals surface area contributed by atoms with Crippen LogP contribution in [-0.4, -0.2) is 23.5 Å². The molecule has 0 fully saturated rings. The molecule has 0 spiro atoms. The largest absolute Gasteiger partial charge is 0.312 e. The Balaban J connectivity index is 2.56. The van der Waals surface area contributed by atoms with E-state index in [1.807, 2.05) is 11.8 Å². The van der Waals surface area contributed by atoms with Crippen LogP contribution in [0.4, 0.5) is 5.69 Å². The summed E-state index contributed by atoms with van der Waals surface area (Å²) in [5, 5.41) is 14.5. The molecule has 18 heavy (non-hydrogen) atoms. The molecule has 0 aliphatic heterocycles. The summed E-state index contributed by atoms with van der Waals surface area (Å²) in [6.45, 7) is 3.59. The van der Waals surface area contributed by atoms with Crippen molar-refractivity contribution in [2.24, 2.45) is 5.92 Å². The van der Waals surface area contributed by atoms with Crippen molar-refractivity contribution in [2.75, 3.05) is 18.6 Å². The molecule has 0 aliphatic carbocycles. The van der Waals surface area contributed by atoms with Gasteiger partial charge in [-0.05, 0) is 36.1 Å². The fourth-order valence-electron chi connectivity index (χ4n) is 1.61. The Hall–Kier alpha value is -0.780. The van der Waals surface area contributed by atoms with E-state index >= 15 is 0 Å². The first-order valence-corrected chi connectivity index (χ1v) is 7.44. The van der Waals surface area contributed by atoms with Gasteiger partial charge in [0.15, 0.2) is 0 Å². The Morgan fingerprint density at radius 3 is 2.89 bits per heavy atom. The molecule has 0 heterocycles. The lowest BCUT2D eigenvalue weighted by Gasteiger charge is -2.11. The highest BCUT2D eigenvalue weighted by atomic mass is 35.5. The lowest BCUT2D eigenvalue weighted by molar-refractivity contribution is -0.384. The van der Waals surface area contributed by atoms with Crippen LogP contribution in [0.15, 0.2) is 18.2 Å². The van der Waals surface area contributed by atoms with Crippen molar-refractivity contribution in [3.8, 4) is 0 Å². The zero-order valence-corrected chi connectivity index (χ0v) is 12.1. The van der Waals surface area contributed by atoms with Gasteiger partial charge in [0.2, 0.25) is 0 Å². The third-order valence-corrected chi connectivity index (χ3v) is 3.77. The molecule has 0 radical (unpaired) electrons. The smallest absolute Gasteiger partial charge is 0.269 e. The number of benzene rings is 1. The monoisotopic (exact) mass is 288 g/mol. The van der Waals surface area contributed by atoms with E-state index in [0.717, 1.165) is 17.9 Å². The van der Waals surface area contributed by atoms with Crippen molar-refractivity contribution in [1.29, 1.82) is 0 Å². The Bertz CT molecular complexity index is 415. The summed E-state index contributed by atoms with van der Waals surface area (Å²) in [5.41, 5.74) is 0.843. The van der Waals surface area contributed by atoms with E-state index in [0.29, 0.717) is 17.5 Å². The first kappa shape index (κ1) is 15.3. The van der Waals surface area contributed by atoms with Crippen molar-refractivity contribution in [3.63, 3.8) is 0 Å². The van der Waals surface area contributed by atoms with Crippen LogP contribution in [0, 0.1) is 16.0 Å². The number of non-ortho nitro benzene ring substituents is 1. The molecular formula is C12H17ClN2O2S. The minimum Gasteiger partial charge on any atom is -0.312 e. The molecule has 1 N–H and O–H groups in total. The molecule has 100 valence electrons. The number of thioether (sulfide) groups is 1. The SMILES string of the molecule is CSCC(C)CNCc1cc([N+](=O)[O-])ccc1Cl. The zero-order chi connectivity index (χ0) is 13.5. The lowest BCUT2D eigenvalue weighted by atomic mass is 10.2. The highest BCUT2D eigenvalue weighted by Gasteiger charge is 2.09. The van der Waals surface area contributed by atoms with E-state index in [4.69, 9.17) is 11.6 Å². The first-order valence-electron chi connectivity index (χ1n) is 5.67. The molecule has 1 rings (SSSR count). The normalized spacial score (nSPS) is 12.4. The number of halogens is 1. The summed E-state index contributed by atoms with van der Waals surface area (Å²) in [4.78, 5) is 10.3. The van der Waals surface area contributed by atoms with Gasteiger partial charge in [-0.3, -0.25) is 10.1 Å². The van der Waals surface area contributed by atoms with Gasteiger partial charge < -0.3 is 5.32 Å². The van der Waals surface area contributed by atoms with Crippen LogP contribution in [0.3, 0.4) is 0 Å². The molecule has 1 aromatic carbocycles. The predicted octanol–water partition coefficient (Wildman–Crippen LogP) is 3.34. The Morgan fingerprint density at radius 2 is 2.28 bits per heavy atom. The van der Waals surface area contributed by atoms with Crippen LogP contribution in [0.5, 0.6) is 0 Å². The maximum absolute atomic E-state index is 10.7. The first-order chi connectivity index (χ1) is 8.54. The predicted molar refractivity (Wildman–Crippen MR) is 77.4 cm³/mol. The van der Waals surface area contributed by atoms with Gasteiger partial charge >= 0.3 is 0 Å². The van der Waals surface area contributed by atoms with E-state index in [1.165, 1.54) is 12.1 Å². The van der Waals surface area contributed by atoms with Gasteiger partial charge in [0.05, 0.1) is 4.92 Å². The lowest BCUT2D eigenvalue weighted by Crippen LogP contribution is -2.22. The van der Waals surface area contributed by atoms with Crippen LogP contribution >= 0.6 is 23.4 Å². The number of nitrogens with one attached hydrogen (secondary N) is 1. The minimum absolute atomic E-state index is 0.0772. The molecule has 0 saturated heterocycles. The van der Waals surface area contributed by atoms with Crippen LogP contribution in [0.2, 0.25) is 5.02 Å². The van der Waals surface area contributed by atoms with Crippen molar-refractivity contribution >= 4 is 29.1 Å². The third kappa shape index (κ3) is 4.84. The molecule has 4 nitrogen and oxygen atoms in total. The highest BCUT2D eigenvalue weighted by Crippen LogP contribution is 2.21. The van der Waals surface area contributed by atoms with Crippen LogP contribution < -0.4 is 5.32 Å². The molecule has 0 aromatic heterocycles. The Morgan fingerprint density at radius 1 is 1.56 bits per heavy atom.